The van der Waals surface area contributed by atoms with Crippen molar-refractivity contribution >= 4 is 23.6 Å². The van der Waals surface area contributed by atoms with Crippen LogP contribution in [0.2, 0.25) is 0 Å². The lowest BCUT2D eigenvalue weighted by Gasteiger charge is -2.31. The van der Waals surface area contributed by atoms with Crippen LogP contribution >= 0.6 is 11.8 Å². The normalized spacial score (nSPS) is 19.2. The van der Waals surface area contributed by atoms with Gasteiger partial charge in [0.2, 0.25) is 11.8 Å². The molecule has 1 fully saturated rings. The maximum atomic E-state index is 12.0. The van der Waals surface area contributed by atoms with Crippen LogP contribution in [-0.2, 0) is 9.59 Å². The van der Waals surface area contributed by atoms with Gasteiger partial charge in [0, 0.05) is 25.5 Å². The Kier molecular flexibility index (Phi) is 4.73. The minimum atomic E-state index is -0.323. The summed E-state index contributed by atoms with van der Waals surface area (Å²) in [6, 6.07) is 1.73. The summed E-state index contributed by atoms with van der Waals surface area (Å²) in [6.07, 6.45) is 4.88. The van der Waals surface area contributed by atoms with Crippen LogP contribution in [0.3, 0.4) is 0 Å². The van der Waals surface area contributed by atoms with E-state index in [1.165, 1.54) is 11.8 Å². The second-order valence-electron chi connectivity index (χ2n) is 4.40. The molecule has 6 nitrogen and oxygen atoms in total. The van der Waals surface area contributed by atoms with Gasteiger partial charge in [0.15, 0.2) is 5.16 Å². The Balaban J connectivity index is 1.84. The lowest BCUT2D eigenvalue weighted by molar-refractivity contribution is -0.132. The van der Waals surface area contributed by atoms with E-state index < -0.39 is 0 Å². The van der Waals surface area contributed by atoms with Gasteiger partial charge in [-0.15, -0.1) is 0 Å². The average Bonchev–Trinajstić information content (AvgIpc) is 2.46. The fraction of sp³-hybridized carbons (Fsp3) is 0.500. The number of primary amides is 1. The van der Waals surface area contributed by atoms with Crippen LogP contribution in [0.25, 0.3) is 0 Å². The van der Waals surface area contributed by atoms with E-state index in [0.29, 0.717) is 18.2 Å². The number of thioether (sulfide) groups is 1. The molecule has 0 bridgehead atoms. The van der Waals surface area contributed by atoms with Gasteiger partial charge in [-0.2, -0.15) is 0 Å². The zero-order valence-electron chi connectivity index (χ0n) is 10.5. The Morgan fingerprint density at radius 1 is 1.42 bits per heavy atom. The van der Waals surface area contributed by atoms with Crippen molar-refractivity contribution in [3.63, 3.8) is 0 Å². The van der Waals surface area contributed by atoms with Gasteiger partial charge in [0.25, 0.3) is 0 Å². The second-order valence-corrected chi connectivity index (χ2v) is 5.34. The number of aromatic nitrogens is 2. The maximum Gasteiger partial charge on any atom is 0.233 e. The third kappa shape index (κ3) is 3.92. The molecule has 1 aliphatic rings. The summed E-state index contributed by atoms with van der Waals surface area (Å²) in [5, 5.41) is 0.583. The summed E-state index contributed by atoms with van der Waals surface area (Å²) in [7, 11) is 0. The first-order valence-corrected chi connectivity index (χ1v) is 7.12. The van der Waals surface area contributed by atoms with Crippen molar-refractivity contribution in [3.05, 3.63) is 18.5 Å². The third-order valence-electron chi connectivity index (χ3n) is 3.04. The SMILES string of the molecule is NC(=O)[C@H]1CCCN(C(=O)CSc2ncccn2)C1. The maximum absolute atomic E-state index is 12.0. The van der Waals surface area contributed by atoms with Crippen LogP contribution in [-0.4, -0.2) is 45.5 Å². The highest BCUT2D eigenvalue weighted by molar-refractivity contribution is 7.99. The van der Waals surface area contributed by atoms with Gasteiger partial charge in [-0.3, -0.25) is 9.59 Å². The first-order valence-electron chi connectivity index (χ1n) is 6.13. The zero-order chi connectivity index (χ0) is 13.7. The molecule has 2 N–H and O–H groups in total. The van der Waals surface area contributed by atoms with Crippen LogP contribution in [0, 0.1) is 5.92 Å². The van der Waals surface area contributed by atoms with E-state index in [1.807, 2.05) is 0 Å². The summed E-state index contributed by atoms with van der Waals surface area (Å²) in [4.78, 5) is 33.0. The fourth-order valence-electron chi connectivity index (χ4n) is 2.01. The molecule has 0 saturated carbocycles. The van der Waals surface area contributed by atoms with Gasteiger partial charge in [-0.05, 0) is 18.9 Å². The van der Waals surface area contributed by atoms with Crippen molar-refractivity contribution in [2.75, 3.05) is 18.8 Å². The van der Waals surface area contributed by atoms with Gasteiger partial charge < -0.3 is 10.6 Å². The first kappa shape index (κ1) is 13.8. The molecular formula is C12H16N4O2S. The molecule has 2 heterocycles. The average molecular weight is 280 g/mol. The van der Waals surface area contributed by atoms with Crippen LogP contribution in [0.5, 0.6) is 0 Å². The summed E-state index contributed by atoms with van der Waals surface area (Å²) < 4.78 is 0. The predicted octanol–water partition coefficient (Wildman–Crippen LogP) is 0.293. The Morgan fingerprint density at radius 3 is 2.84 bits per heavy atom. The molecule has 1 atom stereocenters. The van der Waals surface area contributed by atoms with E-state index in [9.17, 15) is 9.59 Å². The summed E-state index contributed by atoms with van der Waals surface area (Å²) in [5.41, 5.74) is 5.29. The van der Waals surface area contributed by atoms with Gasteiger partial charge in [0.1, 0.15) is 0 Å². The predicted molar refractivity (Wildman–Crippen MR) is 71.3 cm³/mol. The molecular weight excluding hydrogens is 264 g/mol. The molecule has 0 aliphatic carbocycles. The molecule has 0 radical (unpaired) electrons. The van der Waals surface area contributed by atoms with E-state index >= 15 is 0 Å². The molecule has 102 valence electrons. The minimum Gasteiger partial charge on any atom is -0.369 e. The summed E-state index contributed by atoms with van der Waals surface area (Å²) in [5.74, 6) is -0.245. The van der Waals surface area contributed by atoms with E-state index in [4.69, 9.17) is 5.73 Å². The van der Waals surface area contributed by atoms with Crippen LogP contribution in [0.4, 0.5) is 0 Å². The topological polar surface area (TPSA) is 89.2 Å². The number of hydrogen-bond acceptors (Lipinski definition) is 5. The van der Waals surface area contributed by atoms with Gasteiger partial charge in [-0.1, -0.05) is 11.8 Å². The van der Waals surface area contributed by atoms with Crippen molar-refractivity contribution in [3.8, 4) is 0 Å². The van der Waals surface area contributed by atoms with Crippen molar-refractivity contribution in [1.82, 2.24) is 14.9 Å². The Morgan fingerprint density at radius 2 is 2.16 bits per heavy atom. The van der Waals surface area contributed by atoms with E-state index in [-0.39, 0.29) is 23.5 Å². The number of amides is 2. The number of carbonyl (C=O) groups excluding carboxylic acids is 2. The Labute approximate surface area is 115 Å². The fourth-order valence-corrected chi connectivity index (χ4v) is 2.72. The van der Waals surface area contributed by atoms with Gasteiger partial charge >= 0.3 is 0 Å². The van der Waals surface area contributed by atoms with Crippen LogP contribution in [0.15, 0.2) is 23.6 Å². The molecule has 0 aromatic carbocycles. The van der Waals surface area contributed by atoms with Crippen molar-refractivity contribution in [2.24, 2.45) is 11.7 Å². The lowest BCUT2D eigenvalue weighted by atomic mass is 9.97. The molecule has 1 saturated heterocycles. The van der Waals surface area contributed by atoms with E-state index in [2.05, 4.69) is 9.97 Å². The smallest absolute Gasteiger partial charge is 0.233 e. The second kappa shape index (κ2) is 6.51. The third-order valence-corrected chi connectivity index (χ3v) is 3.90. The first-order chi connectivity index (χ1) is 9.16. The molecule has 0 spiro atoms. The van der Waals surface area contributed by atoms with Crippen molar-refractivity contribution < 1.29 is 9.59 Å². The summed E-state index contributed by atoms with van der Waals surface area (Å²) in [6.45, 7) is 1.13. The largest absolute Gasteiger partial charge is 0.369 e. The highest BCUT2D eigenvalue weighted by Crippen LogP contribution is 2.18. The highest BCUT2D eigenvalue weighted by Gasteiger charge is 2.26. The van der Waals surface area contributed by atoms with Crippen LogP contribution in [0.1, 0.15) is 12.8 Å². The summed E-state index contributed by atoms with van der Waals surface area (Å²) >= 11 is 1.30. The minimum absolute atomic E-state index is 0.00315. The number of likely N-dealkylation sites (tertiary alicyclic amines) is 1. The molecule has 1 aliphatic heterocycles. The van der Waals surface area contributed by atoms with Crippen molar-refractivity contribution in [2.45, 2.75) is 18.0 Å². The number of hydrogen-bond donors (Lipinski definition) is 1. The molecule has 2 rings (SSSR count). The standard InChI is InChI=1S/C12H16N4O2S/c13-11(18)9-3-1-6-16(7-9)10(17)8-19-12-14-4-2-5-15-12/h2,4-5,9H,1,3,6-8H2,(H2,13,18)/t9-/m0/s1. The lowest BCUT2D eigenvalue weighted by Crippen LogP contribution is -2.44. The monoisotopic (exact) mass is 280 g/mol. The van der Waals surface area contributed by atoms with Gasteiger partial charge in [-0.25, -0.2) is 9.97 Å². The molecule has 2 amide bonds. The van der Waals surface area contributed by atoms with Crippen LogP contribution < -0.4 is 5.73 Å². The number of piperidine rings is 1. The molecule has 0 unspecified atom stereocenters. The quantitative estimate of drug-likeness (QED) is 0.632. The number of carbonyl (C=O) groups is 2. The molecule has 1 aromatic heterocycles. The molecule has 19 heavy (non-hydrogen) atoms. The van der Waals surface area contributed by atoms with E-state index in [1.54, 1.807) is 23.4 Å². The Hall–Kier alpha value is -1.63. The number of nitrogens with zero attached hydrogens (tertiary/aromatic N) is 3. The zero-order valence-corrected chi connectivity index (χ0v) is 11.3. The highest BCUT2D eigenvalue weighted by atomic mass is 32.2. The van der Waals surface area contributed by atoms with Crippen molar-refractivity contribution in [1.29, 1.82) is 0 Å². The Bertz CT molecular complexity index is 454. The van der Waals surface area contributed by atoms with Gasteiger partial charge in [0.05, 0.1) is 11.7 Å². The number of nitrogens with two attached hydrogens (primary N) is 1. The molecule has 1 aromatic rings. The number of rotatable bonds is 4. The van der Waals surface area contributed by atoms with E-state index in [0.717, 1.165) is 12.8 Å². The molecule has 7 heteroatoms.